The topological polar surface area (TPSA) is 45.2 Å². The molecule has 4 heteroatoms. The van der Waals surface area contributed by atoms with E-state index in [4.69, 9.17) is 0 Å². The number of aliphatic hydroxyl groups excluding tert-OH is 1. The first-order valence-electron chi connectivity index (χ1n) is 3.85. The van der Waals surface area contributed by atoms with Crippen molar-refractivity contribution in [3.05, 3.63) is 22.3 Å². The summed E-state index contributed by atoms with van der Waals surface area (Å²) >= 11 is 3.35. The lowest BCUT2D eigenvalue weighted by molar-refractivity contribution is 0.188. The highest BCUT2D eigenvalue weighted by molar-refractivity contribution is 9.10. The van der Waals surface area contributed by atoms with Gasteiger partial charge in [-0.1, -0.05) is 0 Å². The maximum atomic E-state index is 9.26. The second-order valence-electron chi connectivity index (χ2n) is 2.86. The summed E-state index contributed by atoms with van der Waals surface area (Å²) in [6.07, 6.45) is 2.93. The minimum Gasteiger partial charge on any atom is -0.374 e. The van der Waals surface area contributed by atoms with E-state index < -0.39 is 6.23 Å². The predicted octanol–water partition coefficient (Wildman–Crippen LogP) is 1.52. The van der Waals surface area contributed by atoms with Gasteiger partial charge in [0.1, 0.15) is 12.0 Å². The molecule has 1 aliphatic rings. The van der Waals surface area contributed by atoms with Crippen LogP contribution in [0.4, 0.5) is 5.82 Å². The van der Waals surface area contributed by atoms with Crippen molar-refractivity contribution in [2.75, 3.05) is 5.32 Å². The Hall–Kier alpha value is -0.610. The monoisotopic (exact) mass is 228 g/mol. The molecule has 1 unspecified atom stereocenters. The summed E-state index contributed by atoms with van der Waals surface area (Å²) in [5.41, 5.74) is 1.16. The van der Waals surface area contributed by atoms with Crippen LogP contribution in [0.5, 0.6) is 0 Å². The summed E-state index contributed by atoms with van der Waals surface area (Å²) in [6.45, 7) is 0. The largest absolute Gasteiger partial charge is 0.374 e. The molecule has 2 heterocycles. The van der Waals surface area contributed by atoms with Crippen molar-refractivity contribution < 1.29 is 5.11 Å². The summed E-state index contributed by atoms with van der Waals surface area (Å²) in [5, 5.41) is 12.2. The van der Waals surface area contributed by atoms with Gasteiger partial charge < -0.3 is 10.4 Å². The van der Waals surface area contributed by atoms with Crippen LogP contribution in [0.25, 0.3) is 0 Å². The molecule has 0 fully saturated rings. The number of rotatable bonds is 0. The summed E-state index contributed by atoms with van der Waals surface area (Å²) in [5.74, 6) is 0.803. The SMILES string of the molecule is OC1CCc2cc(Br)cnc2N1. The fourth-order valence-corrected chi connectivity index (χ4v) is 1.70. The summed E-state index contributed by atoms with van der Waals surface area (Å²) < 4.78 is 0.986. The number of aliphatic hydroxyl groups is 1. The first kappa shape index (κ1) is 8.01. The smallest absolute Gasteiger partial charge is 0.131 e. The Bertz CT molecular complexity index is 303. The Morgan fingerprint density at radius 3 is 3.33 bits per heavy atom. The molecule has 0 bridgehead atoms. The van der Waals surface area contributed by atoms with Crippen molar-refractivity contribution in [2.45, 2.75) is 19.1 Å². The molecule has 0 saturated carbocycles. The molecule has 1 atom stereocenters. The zero-order valence-corrected chi connectivity index (χ0v) is 8.00. The van der Waals surface area contributed by atoms with Gasteiger partial charge in [-0.3, -0.25) is 0 Å². The van der Waals surface area contributed by atoms with Gasteiger partial charge in [0.05, 0.1) is 0 Å². The number of hydrogen-bond acceptors (Lipinski definition) is 3. The van der Waals surface area contributed by atoms with Gasteiger partial charge in [0.15, 0.2) is 0 Å². The van der Waals surface area contributed by atoms with E-state index in [0.717, 1.165) is 28.7 Å². The Morgan fingerprint density at radius 2 is 2.50 bits per heavy atom. The Morgan fingerprint density at radius 1 is 1.67 bits per heavy atom. The van der Waals surface area contributed by atoms with E-state index in [1.165, 1.54) is 0 Å². The molecule has 0 saturated heterocycles. The Labute approximate surface area is 79.0 Å². The molecule has 3 nitrogen and oxygen atoms in total. The van der Waals surface area contributed by atoms with E-state index in [9.17, 15) is 5.11 Å². The number of hydrogen-bond donors (Lipinski definition) is 2. The molecule has 0 radical (unpaired) electrons. The fourth-order valence-electron chi connectivity index (χ4n) is 1.32. The molecule has 0 spiro atoms. The first-order valence-corrected chi connectivity index (χ1v) is 4.64. The summed E-state index contributed by atoms with van der Waals surface area (Å²) in [6, 6.07) is 2.03. The zero-order valence-electron chi connectivity index (χ0n) is 6.42. The van der Waals surface area contributed by atoms with Gasteiger partial charge in [-0.25, -0.2) is 4.98 Å². The van der Waals surface area contributed by atoms with Crippen molar-refractivity contribution in [2.24, 2.45) is 0 Å². The molecular formula is C8H9BrN2O. The fraction of sp³-hybridized carbons (Fsp3) is 0.375. The van der Waals surface area contributed by atoms with Crippen LogP contribution in [-0.4, -0.2) is 16.3 Å². The molecular weight excluding hydrogens is 220 g/mol. The third-order valence-corrected chi connectivity index (χ3v) is 2.36. The number of pyridine rings is 1. The minimum absolute atomic E-state index is 0.439. The van der Waals surface area contributed by atoms with Crippen LogP contribution in [0.15, 0.2) is 16.7 Å². The average Bonchev–Trinajstić information content (AvgIpc) is 2.05. The highest BCUT2D eigenvalue weighted by atomic mass is 79.9. The highest BCUT2D eigenvalue weighted by Gasteiger charge is 2.15. The van der Waals surface area contributed by atoms with Crippen LogP contribution >= 0.6 is 15.9 Å². The molecule has 1 aromatic heterocycles. The summed E-state index contributed by atoms with van der Waals surface area (Å²) in [7, 11) is 0. The van der Waals surface area contributed by atoms with Crippen molar-refractivity contribution in [1.82, 2.24) is 4.98 Å². The maximum absolute atomic E-state index is 9.26. The van der Waals surface area contributed by atoms with E-state index in [2.05, 4.69) is 26.2 Å². The second-order valence-corrected chi connectivity index (χ2v) is 3.78. The predicted molar refractivity (Wildman–Crippen MR) is 49.9 cm³/mol. The number of anilines is 1. The lowest BCUT2D eigenvalue weighted by Gasteiger charge is -2.21. The third-order valence-electron chi connectivity index (χ3n) is 1.92. The second kappa shape index (κ2) is 3.03. The Kier molecular flexibility index (Phi) is 2.02. The lowest BCUT2D eigenvalue weighted by atomic mass is 10.1. The van der Waals surface area contributed by atoms with Gasteiger partial charge in [0.2, 0.25) is 0 Å². The van der Waals surface area contributed by atoms with E-state index in [1.807, 2.05) is 6.07 Å². The summed E-state index contributed by atoms with van der Waals surface area (Å²) in [4.78, 5) is 4.15. The van der Waals surface area contributed by atoms with Crippen LogP contribution in [0.1, 0.15) is 12.0 Å². The minimum atomic E-state index is -0.439. The van der Waals surface area contributed by atoms with Gasteiger partial charge in [-0.2, -0.15) is 0 Å². The van der Waals surface area contributed by atoms with Gasteiger partial charge >= 0.3 is 0 Å². The van der Waals surface area contributed by atoms with E-state index in [1.54, 1.807) is 6.20 Å². The number of halogens is 1. The standard InChI is InChI=1S/C8H9BrN2O/c9-6-3-5-1-2-7(12)11-8(5)10-4-6/h3-4,7,12H,1-2H2,(H,10,11). The van der Waals surface area contributed by atoms with Gasteiger partial charge in [0.25, 0.3) is 0 Å². The molecule has 2 N–H and O–H groups in total. The van der Waals surface area contributed by atoms with Crippen LogP contribution < -0.4 is 5.32 Å². The molecule has 1 aromatic rings. The quantitative estimate of drug-likeness (QED) is 0.708. The van der Waals surface area contributed by atoms with Crippen LogP contribution in [0.2, 0.25) is 0 Å². The molecule has 2 rings (SSSR count). The maximum Gasteiger partial charge on any atom is 0.131 e. The van der Waals surface area contributed by atoms with Crippen molar-refractivity contribution in [3.63, 3.8) is 0 Å². The van der Waals surface area contributed by atoms with Gasteiger partial charge in [-0.05, 0) is 40.4 Å². The number of nitrogens with zero attached hydrogens (tertiary/aromatic N) is 1. The lowest BCUT2D eigenvalue weighted by Crippen LogP contribution is -2.25. The third kappa shape index (κ3) is 1.44. The van der Waals surface area contributed by atoms with Crippen LogP contribution in [0.3, 0.4) is 0 Å². The van der Waals surface area contributed by atoms with Crippen molar-refractivity contribution in [1.29, 1.82) is 0 Å². The number of nitrogens with one attached hydrogen (secondary N) is 1. The van der Waals surface area contributed by atoms with Gasteiger partial charge in [-0.15, -0.1) is 0 Å². The van der Waals surface area contributed by atoms with E-state index in [-0.39, 0.29) is 0 Å². The zero-order chi connectivity index (χ0) is 8.55. The highest BCUT2D eigenvalue weighted by Crippen LogP contribution is 2.24. The molecule has 0 amide bonds. The number of aromatic nitrogens is 1. The normalized spacial score (nSPS) is 21.3. The van der Waals surface area contributed by atoms with Gasteiger partial charge in [0, 0.05) is 10.7 Å². The van der Waals surface area contributed by atoms with E-state index >= 15 is 0 Å². The van der Waals surface area contributed by atoms with Crippen molar-refractivity contribution in [3.8, 4) is 0 Å². The van der Waals surface area contributed by atoms with E-state index in [0.29, 0.717) is 0 Å². The molecule has 1 aliphatic heterocycles. The molecule has 64 valence electrons. The van der Waals surface area contributed by atoms with Crippen LogP contribution in [0, 0.1) is 0 Å². The first-order chi connectivity index (χ1) is 5.75. The number of fused-ring (bicyclic) bond motifs is 1. The van der Waals surface area contributed by atoms with Crippen LogP contribution in [-0.2, 0) is 6.42 Å². The molecule has 0 aromatic carbocycles. The number of aryl methyl sites for hydroxylation is 1. The van der Waals surface area contributed by atoms with Crippen molar-refractivity contribution >= 4 is 21.7 Å². The average molecular weight is 229 g/mol. The molecule has 12 heavy (non-hydrogen) atoms. The Balaban J connectivity index is 2.37. The molecule has 0 aliphatic carbocycles.